The van der Waals surface area contributed by atoms with Crippen LogP contribution in [0, 0.1) is 0 Å². The van der Waals surface area contributed by atoms with Gasteiger partial charge in [0.2, 0.25) is 11.8 Å². The average molecular weight is 257 g/mol. The number of carbonyl (C=O) groups excluding carboxylic acids is 3. The molecule has 100 valence electrons. The first kappa shape index (κ1) is 14.1. The van der Waals surface area contributed by atoms with Gasteiger partial charge in [-0.15, -0.1) is 0 Å². The van der Waals surface area contributed by atoms with Crippen LogP contribution in [0.4, 0.5) is 0 Å². The van der Waals surface area contributed by atoms with Gasteiger partial charge in [-0.25, -0.2) is 4.79 Å². The minimum absolute atomic E-state index is 0.0885. The number of likely N-dealkylation sites (tertiary alicyclic amines) is 1. The van der Waals surface area contributed by atoms with E-state index in [4.69, 9.17) is 5.11 Å². The molecule has 1 aliphatic rings. The van der Waals surface area contributed by atoms with E-state index in [1.807, 2.05) is 0 Å². The van der Waals surface area contributed by atoms with Gasteiger partial charge < -0.3 is 9.84 Å². The van der Waals surface area contributed by atoms with Gasteiger partial charge >= 0.3 is 11.9 Å². The summed E-state index contributed by atoms with van der Waals surface area (Å²) in [4.78, 5) is 45.9. The average Bonchev–Trinajstić information content (AvgIpc) is 2.64. The number of methoxy groups -OCH3 is 1. The van der Waals surface area contributed by atoms with Crippen molar-refractivity contribution in [2.75, 3.05) is 7.11 Å². The first-order valence-corrected chi connectivity index (χ1v) is 5.62. The summed E-state index contributed by atoms with van der Waals surface area (Å²) in [5.41, 5.74) is 0. The standard InChI is InChI=1S/C11H15NO6/c1-18-11(17)7(3-2-4-10(15)16)12-8(13)5-6-9(12)14/h7H,2-6H2,1H3,(H,15,16). The van der Waals surface area contributed by atoms with Crippen molar-refractivity contribution in [1.29, 1.82) is 0 Å². The largest absolute Gasteiger partial charge is 0.481 e. The Bertz CT molecular complexity index is 362. The predicted molar refractivity (Wildman–Crippen MR) is 58.4 cm³/mol. The number of ether oxygens (including phenoxy) is 1. The lowest BCUT2D eigenvalue weighted by Crippen LogP contribution is -2.45. The maximum absolute atomic E-state index is 11.6. The second-order valence-electron chi connectivity index (χ2n) is 3.98. The van der Waals surface area contributed by atoms with Crippen LogP contribution in [0.2, 0.25) is 0 Å². The monoisotopic (exact) mass is 257 g/mol. The molecule has 1 saturated heterocycles. The Morgan fingerprint density at radius 3 is 2.33 bits per heavy atom. The van der Waals surface area contributed by atoms with Gasteiger partial charge in [0.15, 0.2) is 0 Å². The zero-order valence-electron chi connectivity index (χ0n) is 10.0. The van der Waals surface area contributed by atoms with Gasteiger partial charge in [-0.3, -0.25) is 19.3 Å². The normalized spacial score (nSPS) is 16.8. The Morgan fingerprint density at radius 2 is 1.89 bits per heavy atom. The quantitative estimate of drug-likeness (QED) is 0.528. The van der Waals surface area contributed by atoms with Gasteiger partial charge in [0.25, 0.3) is 0 Å². The molecule has 0 saturated carbocycles. The van der Waals surface area contributed by atoms with Crippen molar-refractivity contribution in [2.24, 2.45) is 0 Å². The van der Waals surface area contributed by atoms with Crippen molar-refractivity contribution in [3.8, 4) is 0 Å². The topological polar surface area (TPSA) is 101 Å². The van der Waals surface area contributed by atoms with E-state index in [0.717, 1.165) is 12.0 Å². The zero-order chi connectivity index (χ0) is 13.7. The van der Waals surface area contributed by atoms with Crippen molar-refractivity contribution in [3.05, 3.63) is 0 Å². The minimum atomic E-state index is -1.00. The number of amides is 2. The van der Waals surface area contributed by atoms with Crippen LogP contribution in [-0.2, 0) is 23.9 Å². The van der Waals surface area contributed by atoms with Crippen LogP contribution < -0.4 is 0 Å². The van der Waals surface area contributed by atoms with Gasteiger partial charge in [0.05, 0.1) is 7.11 Å². The number of hydrogen-bond acceptors (Lipinski definition) is 5. The predicted octanol–water partition coefficient (Wildman–Crippen LogP) is -0.0681. The highest BCUT2D eigenvalue weighted by atomic mass is 16.5. The third kappa shape index (κ3) is 3.28. The summed E-state index contributed by atoms with van der Waals surface area (Å²) >= 11 is 0. The van der Waals surface area contributed by atoms with Crippen molar-refractivity contribution in [2.45, 2.75) is 38.1 Å². The van der Waals surface area contributed by atoms with Crippen LogP contribution in [0.5, 0.6) is 0 Å². The zero-order valence-corrected chi connectivity index (χ0v) is 10.0. The fourth-order valence-corrected chi connectivity index (χ4v) is 1.88. The molecule has 0 aromatic carbocycles. The molecule has 0 aromatic rings. The van der Waals surface area contributed by atoms with Crippen molar-refractivity contribution in [1.82, 2.24) is 4.90 Å². The van der Waals surface area contributed by atoms with Crippen LogP contribution in [0.3, 0.4) is 0 Å². The molecule has 1 N–H and O–H groups in total. The second kappa shape index (κ2) is 6.13. The summed E-state index contributed by atoms with van der Waals surface area (Å²) in [5, 5.41) is 8.53. The van der Waals surface area contributed by atoms with Crippen LogP contribution in [0.25, 0.3) is 0 Å². The molecule has 2 amide bonds. The Balaban J connectivity index is 2.71. The highest BCUT2D eigenvalue weighted by molar-refractivity contribution is 6.05. The first-order chi connectivity index (χ1) is 8.47. The molecule has 0 spiro atoms. The molecule has 7 heteroatoms. The second-order valence-corrected chi connectivity index (χ2v) is 3.98. The first-order valence-electron chi connectivity index (χ1n) is 5.62. The van der Waals surface area contributed by atoms with Gasteiger partial charge in [-0.2, -0.15) is 0 Å². The molecule has 1 heterocycles. The molecular weight excluding hydrogens is 242 g/mol. The Kier molecular flexibility index (Phi) is 4.82. The molecule has 0 aliphatic carbocycles. The molecule has 1 aliphatic heterocycles. The molecular formula is C11H15NO6. The highest BCUT2D eigenvalue weighted by Gasteiger charge is 2.38. The van der Waals surface area contributed by atoms with Gasteiger partial charge in [-0.05, 0) is 12.8 Å². The maximum atomic E-state index is 11.6. The molecule has 1 rings (SSSR count). The Morgan fingerprint density at radius 1 is 1.33 bits per heavy atom. The smallest absolute Gasteiger partial charge is 0.329 e. The maximum Gasteiger partial charge on any atom is 0.329 e. The number of aliphatic carboxylic acids is 1. The Hall–Kier alpha value is -1.92. The Labute approximate surface area is 104 Å². The minimum Gasteiger partial charge on any atom is -0.481 e. The number of rotatable bonds is 6. The molecule has 1 unspecified atom stereocenters. The molecule has 0 aromatic heterocycles. The van der Waals surface area contributed by atoms with E-state index in [1.54, 1.807) is 0 Å². The lowest BCUT2D eigenvalue weighted by atomic mass is 10.1. The van der Waals surface area contributed by atoms with Gasteiger partial charge in [0, 0.05) is 19.3 Å². The van der Waals surface area contributed by atoms with E-state index in [1.165, 1.54) is 0 Å². The van der Waals surface area contributed by atoms with E-state index < -0.39 is 29.8 Å². The van der Waals surface area contributed by atoms with Crippen molar-refractivity contribution < 1.29 is 29.0 Å². The van der Waals surface area contributed by atoms with Crippen LogP contribution in [0.1, 0.15) is 32.1 Å². The number of hydrogen-bond donors (Lipinski definition) is 1. The number of esters is 1. The van der Waals surface area contributed by atoms with Crippen LogP contribution in [0.15, 0.2) is 0 Å². The number of carboxylic acids is 1. The molecule has 0 bridgehead atoms. The molecule has 1 atom stereocenters. The van der Waals surface area contributed by atoms with Crippen molar-refractivity contribution >= 4 is 23.8 Å². The lowest BCUT2D eigenvalue weighted by Gasteiger charge is -2.23. The van der Waals surface area contributed by atoms with E-state index in [-0.39, 0.29) is 32.1 Å². The number of carboxylic acid groups (broad SMARTS) is 1. The number of imide groups is 1. The summed E-state index contributed by atoms with van der Waals surface area (Å²) in [7, 11) is 1.16. The van der Waals surface area contributed by atoms with Crippen LogP contribution >= 0.6 is 0 Å². The molecule has 18 heavy (non-hydrogen) atoms. The van der Waals surface area contributed by atoms with Crippen LogP contribution in [-0.4, -0.2) is 46.9 Å². The van der Waals surface area contributed by atoms with Gasteiger partial charge in [0.1, 0.15) is 6.04 Å². The molecule has 7 nitrogen and oxygen atoms in total. The summed E-state index contributed by atoms with van der Waals surface area (Å²) in [5.74, 6) is -2.50. The summed E-state index contributed by atoms with van der Waals surface area (Å²) in [6.45, 7) is 0. The molecule has 1 fully saturated rings. The van der Waals surface area contributed by atoms with E-state index in [2.05, 4.69) is 4.74 Å². The van der Waals surface area contributed by atoms with E-state index in [9.17, 15) is 19.2 Å². The lowest BCUT2D eigenvalue weighted by molar-refractivity contribution is -0.156. The third-order valence-electron chi connectivity index (χ3n) is 2.74. The summed E-state index contributed by atoms with van der Waals surface area (Å²) in [6, 6.07) is -1.00. The summed E-state index contributed by atoms with van der Waals surface area (Å²) < 4.78 is 4.55. The SMILES string of the molecule is COC(=O)C(CCCC(=O)O)N1C(=O)CCC1=O. The highest BCUT2D eigenvalue weighted by Crippen LogP contribution is 2.20. The third-order valence-corrected chi connectivity index (χ3v) is 2.74. The van der Waals surface area contributed by atoms with Gasteiger partial charge in [-0.1, -0.05) is 0 Å². The van der Waals surface area contributed by atoms with E-state index >= 15 is 0 Å². The van der Waals surface area contributed by atoms with Crippen molar-refractivity contribution in [3.63, 3.8) is 0 Å². The number of nitrogens with zero attached hydrogens (tertiary/aromatic N) is 1. The fraction of sp³-hybridized carbons (Fsp3) is 0.636. The fourth-order valence-electron chi connectivity index (χ4n) is 1.88. The number of carbonyl (C=O) groups is 4. The van der Waals surface area contributed by atoms with E-state index in [0.29, 0.717) is 0 Å². The molecule has 0 radical (unpaired) electrons. The summed E-state index contributed by atoms with van der Waals surface area (Å²) in [6.07, 6.45) is 0.364.